The molecular weight excluding hydrogens is 370 g/mol. The molecule has 0 heterocycles. The predicted octanol–water partition coefficient (Wildman–Crippen LogP) is 5.33. The van der Waals surface area contributed by atoms with E-state index in [4.69, 9.17) is 0 Å². The molecule has 0 aliphatic heterocycles. The third-order valence-corrected chi connectivity index (χ3v) is 4.31. The van der Waals surface area contributed by atoms with Gasteiger partial charge in [0.05, 0.1) is 5.54 Å². The van der Waals surface area contributed by atoms with Crippen LogP contribution in [0.15, 0.2) is 58.2 Å². The maximum atomic E-state index is 12.3. The Morgan fingerprint density at radius 3 is 2.46 bits per heavy atom. The Kier molecular flexibility index (Phi) is 5.72. The quantitative estimate of drug-likeness (QED) is 0.677. The first-order valence-corrected chi connectivity index (χ1v) is 8.39. The molecule has 2 N–H and O–H groups in total. The molecule has 2 aromatic carbocycles. The number of nitrogens with one attached hydrogen (secondary N) is 2. The predicted molar refractivity (Wildman–Crippen MR) is 100.0 cm³/mol. The van der Waals surface area contributed by atoms with Gasteiger partial charge in [-0.25, -0.2) is 4.79 Å². The Morgan fingerprint density at radius 2 is 1.83 bits per heavy atom. The number of hydrogen-bond acceptors (Lipinski definition) is 3. The number of carbonyl (C=O) groups excluding carboxylic acids is 1. The third kappa shape index (κ3) is 4.64. The van der Waals surface area contributed by atoms with Gasteiger partial charge in [0.1, 0.15) is 6.04 Å². The highest BCUT2D eigenvalue weighted by molar-refractivity contribution is 9.10. The summed E-state index contributed by atoms with van der Waals surface area (Å²) in [5.74, 6) is 0. The van der Waals surface area contributed by atoms with Crippen molar-refractivity contribution in [2.24, 2.45) is 5.18 Å². The molecule has 0 aliphatic carbocycles. The van der Waals surface area contributed by atoms with Crippen molar-refractivity contribution in [3.8, 4) is 0 Å². The van der Waals surface area contributed by atoms with Gasteiger partial charge in [-0.05, 0) is 56.2 Å². The molecule has 0 bridgehead atoms. The number of urea groups is 1. The lowest BCUT2D eigenvalue weighted by molar-refractivity contribution is 0.242. The van der Waals surface area contributed by atoms with Crippen molar-refractivity contribution in [3.05, 3.63) is 69.0 Å². The van der Waals surface area contributed by atoms with Gasteiger partial charge in [0.25, 0.3) is 0 Å². The first-order valence-electron chi connectivity index (χ1n) is 7.59. The second-order valence-electron chi connectivity index (χ2n) is 6.12. The Bertz CT molecular complexity index is 729. The standard InChI is InChI=1S/C18H20BrN3O2/c1-12(22-24)13-5-4-6-14(11-13)18(2,3)21-17(23)20-16-9-7-15(19)8-10-16/h4-12H,1-3H3,(H2,20,21,23). The Balaban J connectivity index is 2.10. The van der Waals surface area contributed by atoms with E-state index in [9.17, 15) is 9.70 Å². The average molecular weight is 390 g/mol. The largest absolute Gasteiger partial charge is 0.329 e. The summed E-state index contributed by atoms with van der Waals surface area (Å²) in [6.07, 6.45) is 0. The molecule has 1 atom stereocenters. The fourth-order valence-corrected chi connectivity index (χ4v) is 2.56. The van der Waals surface area contributed by atoms with E-state index in [0.29, 0.717) is 5.69 Å². The van der Waals surface area contributed by atoms with Gasteiger partial charge in [0, 0.05) is 10.2 Å². The Labute approximate surface area is 150 Å². The van der Waals surface area contributed by atoms with Crippen LogP contribution in [0.5, 0.6) is 0 Å². The fourth-order valence-electron chi connectivity index (χ4n) is 2.30. The van der Waals surface area contributed by atoms with Crippen LogP contribution >= 0.6 is 15.9 Å². The number of benzene rings is 2. The monoisotopic (exact) mass is 389 g/mol. The van der Waals surface area contributed by atoms with Gasteiger partial charge >= 0.3 is 6.03 Å². The molecular formula is C18H20BrN3O2. The second-order valence-corrected chi connectivity index (χ2v) is 7.03. The van der Waals surface area contributed by atoms with Gasteiger partial charge in [-0.2, -0.15) is 4.91 Å². The van der Waals surface area contributed by atoms with E-state index >= 15 is 0 Å². The molecule has 0 radical (unpaired) electrons. The van der Waals surface area contributed by atoms with Gasteiger partial charge in [0.15, 0.2) is 0 Å². The van der Waals surface area contributed by atoms with Crippen LogP contribution in [0.4, 0.5) is 10.5 Å². The van der Waals surface area contributed by atoms with Gasteiger partial charge in [-0.15, -0.1) is 0 Å². The molecule has 24 heavy (non-hydrogen) atoms. The van der Waals surface area contributed by atoms with Crippen molar-refractivity contribution < 1.29 is 4.79 Å². The van der Waals surface area contributed by atoms with Crippen LogP contribution in [-0.4, -0.2) is 6.03 Å². The van der Waals surface area contributed by atoms with Crippen molar-refractivity contribution in [2.45, 2.75) is 32.4 Å². The highest BCUT2D eigenvalue weighted by Gasteiger charge is 2.23. The molecule has 0 spiro atoms. The zero-order chi connectivity index (χ0) is 17.7. The minimum atomic E-state index is -0.599. The van der Waals surface area contributed by atoms with Crippen LogP contribution in [0.25, 0.3) is 0 Å². The summed E-state index contributed by atoms with van der Waals surface area (Å²) in [5, 5.41) is 8.81. The van der Waals surface area contributed by atoms with Gasteiger partial charge in [-0.1, -0.05) is 45.4 Å². The van der Waals surface area contributed by atoms with E-state index in [2.05, 4.69) is 31.7 Å². The minimum Gasteiger partial charge on any atom is -0.329 e. The Hall–Kier alpha value is -2.21. The molecule has 2 aromatic rings. The lowest BCUT2D eigenvalue weighted by Gasteiger charge is -2.27. The average Bonchev–Trinajstić information content (AvgIpc) is 2.56. The number of nitrogens with zero attached hydrogens (tertiary/aromatic N) is 1. The molecule has 2 rings (SSSR count). The van der Waals surface area contributed by atoms with Crippen LogP contribution in [0, 0.1) is 4.91 Å². The second kappa shape index (κ2) is 7.57. The van der Waals surface area contributed by atoms with E-state index in [1.165, 1.54) is 0 Å². The SMILES string of the molecule is CC(N=O)c1cccc(C(C)(C)NC(=O)Nc2ccc(Br)cc2)c1. The van der Waals surface area contributed by atoms with Gasteiger partial charge < -0.3 is 10.6 Å². The third-order valence-electron chi connectivity index (χ3n) is 3.78. The summed E-state index contributed by atoms with van der Waals surface area (Å²) in [7, 11) is 0. The van der Waals surface area contributed by atoms with Crippen LogP contribution in [0.2, 0.25) is 0 Å². The van der Waals surface area contributed by atoms with E-state index in [1.807, 2.05) is 62.4 Å². The summed E-state index contributed by atoms with van der Waals surface area (Å²) in [5.41, 5.74) is 1.84. The van der Waals surface area contributed by atoms with Crippen LogP contribution in [0.3, 0.4) is 0 Å². The number of carbonyl (C=O) groups is 1. The highest BCUT2D eigenvalue weighted by Crippen LogP contribution is 2.25. The van der Waals surface area contributed by atoms with E-state index in [1.54, 1.807) is 6.92 Å². The van der Waals surface area contributed by atoms with Crippen LogP contribution in [0.1, 0.15) is 37.9 Å². The van der Waals surface area contributed by atoms with Crippen molar-refractivity contribution in [3.63, 3.8) is 0 Å². The lowest BCUT2D eigenvalue weighted by atomic mass is 9.92. The molecule has 1 unspecified atom stereocenters. The Morgan fingerprint density at radius 1 is 1.17 bits per heavy atom. The van der Waals surface area contributed by atoms with Crippen molar-refractivity contribution >= 4 is 27.6 Å². The molecule has 126 valence electrons. The molecule has 0 aliphatic rings. The lowest BCUT2D eigenvalue weighted by Crippen LogP contribution is -2.43. The van der Waals surface area contributed by atoms with E-state index < -0.39 is 11.6 Å². The van der Waals surface area contributed by atoms with E-state index in [0.717, 1.165) is 15.6 Å². The number of anilines is 1. The molecule has 0 aromatic heterocycles. The number of rotatable bonds is 5. The number of nitroso groups, excluding NO2 is 1. The molecule has 0 saturated carbocycles. The molecule has 5 nitrogen and oxygen atoms in total. The fraction of sp³-hybridized carbons (Fsp3) is 0.278. The topological polar surface area (TPSA) is 70.6 Å². The van der Waals surface area contributed by atoms with Gasteiger partial charge in [-0.3, -0.25) is 0 Å². The first kappa shape index (κ1) is 18.1. The van der Waals surface area contributed by atoms with Gasteiger partial charge in [0.2, 0.25) is 0 Å². The number of hydrogen-bond donors (Lipinski definition) is 2. The summed E-state index contributed by atoms with van der Waals surface area (Å²) >= 11 is 3.36. The van der Waals surface area contributed by atoms with Crippen molar-refractivity contribution in [1.29, 1.82) is 0 Å². The zero-order valence-electron chi connectivity index (χ0n) is 13.8. The summed E-state index contributed by atoms with van der Waals surface area (Å²) < 4.78 is 0.948. The zero-order valence-corrected chi connectivity index (χ0v) is 15.4. The number of halogens is 1. The summed E-state index contributed by atoms with van der Waals surface area (Å²) in [6, 6.07) is 14.2. The van der Waals surface area contributed by atoms with Crippen molar-refractivity contribution in [2.75, 3.05) is 5.32 Å². The van der Waals surface area contributed by atoms with Crippen molar-refractivity contribution in [1.82, 2.24) is 5.32 Å². The number of amides is 2. The smallest absolute Gasteiger partial charge is 0.319 e. The summed E-state index contributed by atoms with van der Waals surface area (Å²) in [6.45, 7) is 5.56. The van der Waals surface area contributed by atoms with Crippen LogP contribution < -0.4 is 10.6 Å². The molecule has 0 saturated heterocycles. The highest BCUT2D eigenvalue weighted by atomic mass is 79.9. The molecule has 6 heteroatoms. The maximum absolute atomic E-state index is 12.3. The van der Waals surface area contributed by atoms with Crippen LogP contribution in [-0.2, 0) is 5.54 Å². The molecule has 0 fully saturated rings. The maximum Gasteiger partial charge on any atom is 0.319 e. The first-order chi connectivity index (χ1) is 11.3. The summed E-state index contributed by atoms with van der Waals surface area (Å²) in [4.78, 5) is 23.0. The molecule has 2 amide bonds. The minimum absolute atomic E-state index is 0.297. The van der Waals surface area contributed by atoms with E-state index in [-0.39, 0.29) is 6.03 Å². The normalized spacial score (nSPS) is 12.3.